The molecule has 2 rings (SSSR count). The van der Waals surface area contributed by atoms with E-state index in [9.17, 15) is 14.4 Å². The highest BCUT2D eigenvalue weighted by molar-refractivity contribution is 7.17. The third kappa shape index (κ3) is 7.80. The lowest BCUT2D eigenvalue weighted by atomic mass is 10.00. The number of carbonyl (C=O) groups is 3. The van der Waals surface area contributed by atoms with Gasteiger partial charge in [-0.2, -0.15) is 0 Å². The Morgan fingerprint density at radius 1 is 0.931 bits per heavy atom. The standard InChI is InChI=1S/C22H33NO5S/c1-2-28-22(27)20-16-12-10-8-6-4-3-5-7-9-11-13-17(16)29-21(20)23-18(24)14-15-19(25)26/h2-15H2,1H3,(H,23,24)(H,25,26). The van der Waals surface area contributed by atoms with Crippen molar-refractivity contribution in [3.8, 4) is 0 Å². The number of esters is 1. The molecule has 1 aromatic heterocycles. The van der Waals surface area contributed by atoms with E-state index in [0.29, 0.717) is 10.6 Å². The van der Waals surface area contributed by atoms with Gasteiger partial charge in [-0.3, -0.25) is 9.59 Å². The van der Waals surface area contributed by atoms with Gasteiger partial charge >= 0.3 is 11.9 Å². The normalized spacial score (nSPS) is 15.9. The van der Waals surface area contributed by atoms with Crippen LogP contribution < -0.4 is 5.32 Å². The molecule has 7 heteroatoms. The van der Waals surface area contributed by atoms with E-state index in [1.807, 2.05) is 0 Å². The first-order chi connectivity index (χ1) is 14.0. The zero-order chi connectivity index (χ0) is 21.1. The Morgan fingerprint density at radius 3 is 2.10 bits per heavy atom. The molecule has 29 heavy (non-hydrogen) atoms. The van der Waals surface area contributed by atoms with Gasteiger partial charge in [-0.05, 0) is 38.2 Å². The number of hydrogen-bond donors (Lipinski definition) is 2. The van der Waals surface area contributed by atoms with Crippen molar-refractivity contribution < 1.29 is 24.2 Å². The molecule has 0 aliphatic heterocycles. The Kier molecular flexibility index (Phi) is 10.2. The van der Waals surface area contributed by atoms with Crippen molar-refractivity contribution in [1.29, 1.82) is 0 Å². The summed E-state index contributed by atoms with van der Waals surface area (Å²) in [5.74, 6) is -1.80. The quantitative estimate of drug-likeness (QED) is 0.603. The van der Waals surface area contributed by atoms with Gasteiger partial charge in [0.1, 0.15) is 5.00 Å². The number of carboxylic acid groups (broad SMARTS) is 1. The number of nitrogens with one attached hydrogen (secondary N) is 1. The zero-order valence-corrected chi connectivity index (χ0v) is 18.2. The maximum Gasteiger partial charge on any atom is 0.341 e. The fourth-order valence-corrected chi connectivity index (χ4v) is 5.01. The maximum atomic E-state index is 12.7. The van der Waals surface area contributed by atoms with Crippen molar-refractivity contribution in [3.05, 3.63) is 16.0 Å². The van der Waals surface area contributed by atoms with Crippen LogP contribution in [0.3, 0.4) is 0 Å². The summed E-state index contributed by atoms with van der Waals surface area (Å²) >= 11 is 1.45. The number of fused-ring (bicyclic) bond motifs is 1. The van der Waals surface area contributed by atoms with E-state index in [2.05, 4.69) is 5.32 Å². The molecule has 0 saturated carbocycles. The molecule has 0 bridgehead atoms. The largest absolute Gasteiger partial charge is 0.481 e. The fraction of sp³-hybridized carbons (Fsp3) is 0.682. The summed E-state index contributed by atoms with van der Waals surface area (Å²) in [7, 11) is 0. The third-order valence-electron chi connectivity index (χ3n) is 5.22. The van der Waals surface area contributed by atoms with Gasteiger partial charge in [-0.1, -0.05) is 44.9 Å². The van der Waals surface area contributed by atoms with E-state index in [-0.39, 0.29) is 25.4 Å². The number of amides is 1. The van der Waals surface area contributed by atoms with Gasteiger partial charge in [-0.25, -0.2) is 4.79 Å². The number of rotatable bonds is 6. The number of carbonyl (C=O) groups excluding carboxylic acids is 2. The smallest absolute Gasteiger partial charge is 0.341 e. The number of aliphatic carboxylic acids is 1. The van der Waals surface area contributed by atoms with Crippen LogP contribution in [0.1, 0.15) is 98.4 Å². The van der Waals surface area contributed by atoms with Crippen molar-refractivity contribution in [2.45, 2.75) is 90.4 Å². The van der Waals surface area contributed by atoms with E-state index < -0.39 is 11.9 Å². The second-order valence-electron chi connectivity index (χ2n) is 7.55. The Balaban J connectivity index is 2.27. The Bertz CT molecular complexity index is 698. The molecule has 6 nitrogen and oxygen atoms in total. The summed E-state index contributed by atoms with van der Waals surface area (Å²) in [5.41, 5.74) is 1.49. The van der Waals surface area contributed by atoms with Gasteiger partial charge in [0.15, 0.2) is 0 Å². The second-order valence-corrected chi connectivity index (χ2v) is 8.66. The van der Waals surface area contributed by atoms with E-state index >= 15 is 0 Å². The van der Waals surface area contributed by atoms with Gasteiger partial charge in [-0.15, -0.1) is 11.3 Å². The van der Waals surface area contributed by atoms with E-state index in [1.54, 1.807) is 6.92 Å². The predicted octanol–water partition coefficient (Wildman–Crippen LogP) is 5.34. The molecular formula is C22H33NO5S. The SMILES string of the molecule is CCOC(=O)c1c(NC(=O)CCC(=O)O)sc2c1CCCCCCCCCCC2. The van der Waals surface area contributed by atoms with Crippen molar-refractivity contribution >= 4 is 34.2 Å². The number of ether oxygens (including phenoxy) is 1. The summed E-state index contributed by atoms with van der Waals surface area (Å²) < 4.78 is 5.29. The minimum Gasteiger partial charge on any atom is -0.481 e. The summed E-state index contributed by atoms with van der Waals surface area (Å²) in [5, 5.41) is 12.1. The van der Waals surface area contributed by atoms with Crippen molar-refractivity contribution in [1.82, 2.24) is 0 Å². The highest BCUT2D eigenvalue weighted by Gasteiger charge is 2.25. The van der Waals surface area contributed by atoms with Crippen LogP contribution in [0, 0.1) is 0 Å². The molecule has 0 unspecified atom stereocenters. The van der Waals surface area contributed by atoms with Gasteiger partial charge < -0.3 is 15.2 Å². The van der Waals surface area contributed by atoms with Crippen LogP contribution in [0.15, 0.2) is 0 Å². The molecule has 1 aliphatic rings. The van der Waals surface area contributed by atoms with Crippen LogP contribution in [0.25, 0.3) is 0 Å². The molecule has 0 saturated heterocycles. The highest BCUT2D eigenvalue weighted by atomic mass is 32.1. The van der Waals surface area contributed by atoms with E-state index in [4.69, 9.17) is 9.84 Å². The molecule has 1 amide bonds. The average molecular weight is 424 g/mol. The van der Waals surface area contributed by atoms with Gasteiger partial charge in [0, 0.05) is 11.3 Å². The molecule has 0 atom stereocenters. The Hall–Kier alpha value is -1.89. The summed E-state index contributed by atoms with van der Waals surface area (Å²) in [6.45, 7) is 2.04. The van der Waals surface area contributed by atoms with Crippen molar-refractivity contribution in [2.24, 2.45) is 0 Å². The molecule has 162 valence electrons. The monoisotopic (exact) mass is 423 g/mol. The lowest BCUT2D eigenvalue weighted by Crippen LogP contribution is -2.16. The van der Waals surface area contributed by atoms with Crippen LogP contribution >= 0.6 is 11.3 Å². The molecular weight excluding hydrogens is 390 g/mol. The number of aryl methyl sites for hydroxylation is 1. The zero-order valence-electron chi connectivity index (χ0n) is 17.4. The summed E-state index contributed by atoms with van der Waals surface area (Å²) in [6.07, 6.45) is 12.1. The summed E-state index contributed by atoms with van der Waals surface area (Å²) in [4.78, 5) is 36.8. The van der Waals surface area contributed by atoms with E-state index in [1.165, 1.54) is 49.9 Å². The Labute approximate surface area is 177 Å². The highest BCUT2D eigenvalue weighted by Crippen LogP contribution is 2.37. The van der Waals surface area contributed by atoms with Crippen molar-refractivity contribution in [2.75, 3.05) is 11.9 Å². The maximum absolute atomic E-state index is 12.7. The molecule has 2 N–H and O–H groups in total. The topological polar surface area (TPSA) is 92.7 Å². The van der Waals surface area contributed by atoms with Crippen LogP contribution in [-0.2, 0) is 27.2 Å². The number of carboxylic acids is 1. The lowest BCUT2D eigenvalue weighted by Gasteiger charge is -2.09. The number of hydrogen-bond acceptors (Lipinski definition) is 5. The van der Waals surface area contributed by atoms with Gasteiger partial charge in [0.05, 0.1) is 18.6 Å². The molecule has 0 radical (unpaired) electrons. The van der Waals surface area contributed by atoms with E-state index in [0.717, 1.165) is 42.5 Å². The van der Waals surface area contributed by atoms with Crippen LogP contribution in [0.4, 0.5) is 5.00 Å². The predicted molar refractivity (Wildman–Crippen MR) is 115 cm³/mol. The molecule has 1 aliphatic carbocycles. The molecule has 0 spiro atoms. The summed E-state index contributed by atoms with van der Waals surface area (Å²) in [6, 6.07) is 0. The fourth-order valence-electron chi connectivity index (χ4n) is 3.72. The molecule has 1 heterocycles. The first-order valence-electron chi connectivity index (χ1n) is 10.9. The Morgan fingerprint density at radius 2 is 1.52 bits per heavy atom. The van der Waals surface area contributed by atoms with Gasteiger partial charge in [0.25, 0.3) is 0 Å². The average Bonchev–Trinajstić information content (AvgIpc) is 3.01. The molecule has 0 fully saturated rings. The minimum absolute atomic E-state index is 0.111. The third-order valence-corrected chi connectivity index (χ3v) is 6.43. The second kappa shape index (κ2) is 12.6. The van der Waals surface area contributed by atoms with Crippen LogP contribution in [-0.4, -0.2) is 29.6 Å². The first kappa shape index (κ1) is 23.4. The minimum atomic E-state index is -1.01. The van der Waals surface area contributed by atoms with Gasteiger partial charge in [0.2, 0.25) is 5.91 Å². The number of thiophene rings is 1. The molecule has 1 aromatic rings. The van der Waals surface area contributed by atoms with Crippen LogP contribution in [0.2, 0.25) is 0 Å². The lowest BCUT2D eigenvalue weighted by molar-refractivity contribution is -0.138. The first-order valence-corrected chi connectivity index (χ1v) is 11.7. The molecule has 0 aromatic carbocycles. The number of anilines is 1. The van der Waals surface area contributed by atoms with Crippen molar-refractivity contribution in [3.63, 3.8) is 0 Å². The van der Waals surface area contributed by atoms with Crippen LogP contribution in [0.5, 0.6) is 0 Å².